The highest BCUT2D eigenvalue weighted by molar-refractivity contribution is 5.93. The van der Waals surface area contributed by atoms with Crippen LogP contribution in [-0.4, -0.2) is 35.0 Å². The summed E-state index contributed by atoms with van der Waals surface area (Å²) in [7, 11) is 0. The molecule has 1 amide bonds. The van der Waals surface area contributed by atoms with Gasteiger partial charge in [-0.25, -0.2) is 9.97 Å². The highest BCUT2D eigenvalue weighted by Gasteiger charge is 2.24. The average Bonchev–Trinajstić information content (AvgIpc) is 3.42. The molecular weight excluding hydrogens is 314 g/mol. The second kappa shape index (κ2) is 7.51. The zero-order valence-electron chi connectivity index (χ0n) is 15.0. The molecule has 0 unspecified atom stereocenters. The molecule has 1 heterocycles. The molecular formula is C19H25N5O. The molecule has 0 spiro atoms. The van der Waals surface area contributed by atoms with Crippen LogP contribution in [-0.2, 0) is 0 Å². The van der Waals surface area contributed by atoms with E-state index in [1.165, 1.54) is 12.0 Å². The van der Waals surface area contributed by atoms with E-state index >= 15 is 0 Å². The molecule has 2 aromatic rings. The fraction of sp³-hybridized carbons (Fsp3) is 0.421. The van der Waals surface area contributed by atoms with Crippen LogP contribution in [0, 0.1) is 6.92 Å². The van der Waals surface area contributed by atoms with Gasteiger partial charge in [0, 0.05) is 36.6 Å². The molecule has 0 saturated heterocycles. The van der Waals surface area contributed by atoms with Crippen molar-refractivity contribution >= 4 is 23.1 Å². The monoisotopic (exact) mass is 339 g/mol. The maximum Gasteiger partial charge on any atom is 0.270 e. The Morgan fingerprint density at radius 1 is 1.20 bits per heavy atom. The first kappa shape index (κ1) is 17.2. The van der Waals surface area contributed by atoms with Gasteiger partial charge in [-0.05, 0) is 57.4 Å². The molecule has 0 aliphatic heterocycles. The predicted octanol–water partition coefficient (Wildman–Crippen LogP) is 3.27. The zero-order valence-corrected chi connectivity index (χ0v) is 15.0. The van der Waals surface area contributed by atoms with E-state index in [4.69, 9.17) is 0 Å². The summed E-state index contributed by atoms with van der Waals surface area (Å²) in [5, 5.41) is 6.23. The van der Waals surface area contributed by atoms with Crippen molar-refractivity contribution in [1.82, 2.24) is 15.3 Å². The number of benzene rings is 1. The normalized spacial score (nSPS) is 13.4. The number of rotatable bonds is 7. The third-order valence-electron chi connectivity index (χ3n) is 4.41. The highest BCUT2D eigenvalue weighted by Crippen LogP contribution is 2.25. The van der Waals surface area contributed by atoms with Crippen molar-refractivity contribution in [3.05, 3.63) is 41.9 Å². The molecule has 1 aromatic carbocycles. The van der Waals surface area contributed by atoms with Gasteiger partial charge in [-0.15, -0.1) is 0 Å². The molecule has 3 rings (SSSR count). The Hall–Kier alpha value is -2.63. The van der Waals surface area contributed by atoms with E-state index < -0.39 is 0 Å². The largest absolute Gasteiger partial charge is 0.372 e. The number of aromatic nitrogens is 2. The standard InChI is InChI=1S/C19H25N5O/c1-4-24(5-2)15-8-9-16(13(3)10-15)23-18-11-17(20-12-21-18)19(25)22-14-6-7-14/h8-12,14H,4-7H2,1-3H3,(H,22,25)(H,20,21,23). The van der Waals surface area contributed by atoms with Gasteiger partial charge in [0.2, 0.25) is 0 Å². The second-order valence-electron chi connectivity index (χ2n) is 6.33. The average molecular weight is 339 g/mol. The smallest absolute Gasteiger partial charge is 0.270 e. The Morgan fingerprint density at radius 3 is 2.60 bits per heavy atom. The molecule has 1 saturated carbocycles. The first-order valence-electron chi connectivity index (χ1n) is 8.86. The lowest BCUT2D eigenvalue weighted by atomic mass is 10.1. The number of nitrogens with one attached hydrogen (secondary N) is 2. The van der Waals surface area contributed by atoms with Gasteiger partial charge >= 0.3 is 0 Å². The van der Waals surface area contributed by atoms with Crippen molar-refractivity contribution < 1.29 is 4.79 Å². The fourth-order valence-corrected chi connectivity index (χ4v) is 2.75. The number of hydrogen-bond donors (Lipinski definition) is 2. The number of carbonyl (C=O) groups is 1. The van der Waals surface area contributed by atoms with Gasteiger partial charge in [-0.1, -0.05) is 0 Å². The van der Waals surface area contributed by atoms with E-state index in [9.17, 15) is 4.79 Å². The molecule has 2 N–H and O–H groups in total. The Labute approximate surface area is 148 Å². The van der Waals surface area contributed by atoms with Crippen LogP contribution in [0.4, 0.5) is 17.2 Å². The summed E-state index contributed by atoms with van der Waals surface area (Å²) in [5.41, 5.74) is 3.71. The summed E-state index contributed by atoms with van der Waals surface area (Å²) in [6, 6.07) is 8.32. The van der Waals surface area contributed by atoms with Crippen molar-refractivity contribution in [2.45, 2.75) is 39.7 Å². The van der Waals surface area contributed by atoms with Crippen LogP contribution in [0.25, 0.3) is 0 Å². The topological polar surface area (TPSA) is 70.2 Å². The van der Waals surface area contributed by atoms with Gasteiger partial charge in [-0.3, -0.25) is 4.79 Å². The van der Waals surface area contributed by atoms with Crippen LogP contribution in [0.5, 0.6) is 0 Å². The van der Waals surface area contributed by atoms with Gasteiger partial charge in [0.1, 0.15) is 17.8 Å². The SMILES string of the molecule is CCN(CC)c1ccc(Nc2cc(C(=O)NC3CC3)ncn2)c(C)c1. The Bertz CT molecular complexity index is 753. The first-order valence-corrected chi connectivity index (χ1v) is 8.86. The predicted molar refractivity (Wildman–Crippen MR) is 101 cm³/mol. The molecule has 0 radical (unpaired) electrons. The molecule has 1 aromatic heterocycles. The maximum absolute atomic E-state index is 12.1. The quantitative estimate of drug-likeness (QED) is 0.810. The van der Waals surface area contributed by atoms with Gasteiger partial charge < -0.3 is 15.5 Å². The number of amides is 1. The lowest BCUT2D eigenvalue weighted by molar-refractivity contribution is 0.0946. The third-order valence-corrected chi connectivity index (χ3v) is 4.41. The minimum absolute atomic E-state index is 0.137. The summed E-state index contributed by atoms with van der Waals surface area (Å²) in [4.78, 5) is 22.7. The van der Waals surface area contributed by atoms with E-state index in [1.807, 2.05) is 0 Å². The number of nitrogens with zero attached hydrogens (tertiary/aromatic N) is 3. The van der Waals surface area contributed by atoms with E-state index in [0.29, 0.717) is 17.6 Å². The summed E-state index contributed by atoms with van der Waals surface area (Å²) in [6.45, 7) is 8.33. The zero-order chi connectivity index (χ0) is 17.8. The van der Waals surface area contributed by atoms with Gasteiger partial charge in [0.05, 0.1) is 0 Å². The van der Waals surface area contributed by atoms with Crippen LogP contribution < -0.4 is 15.5 Å². The van der Waals surface area contributed by atoms with Crippen molar-refractivity contribution in [2.75, 3.05) is 23.3 Å². The summed E-state index contributed by atoms with van der Waals surface area (Å²) in [6.07, 6.45) is 3.53. The van der Waals surface area contributed by atoms with Crippen LogP contribution in [0.15, 0.2) is 30.6 Å². The highest BCUT2D eigenvalue weighted by atomic mass is 16.2. The maximum atomic E-state index is 12.1. The van der Waals surface area contributed by atoms with E-state index in [0.717, 1.165) is 37.2 Å². The Kier molecular flexibility index (Phi) is 5.16. The number of hydrogen-bond acceptors (Lipinski definition) is 5. The van der Waals surface area contributed by atoms with Crippen LogP contribution in [0.3, 0.4) is 0 Å². The molecule has 25 heavy (non-hydrogen) atoms. The summed E-state index contributed by atoms with van der Waals surface area (Å²) < 4.78 is 0. The van der Waals surface area contributed by atoms with Gasteiger partial charge in [-0.2, -0.15) is 0 Å². The van der Waals surface area contributed by atoms with E-state index in [2.05, 4.69) is 64.5 Å². The van der Waals surface area contributed by atoms with Crippen LogP contribution in [0.1, 0.15) is 42.7 Å². The molecule has 0 atom stereocenters. The minimum atomic E-state index is -0.137. The van der Waals surface area contributed by atoms with Crippen molar-refractivity contribution in [3.8, 4) is 0 Å². The third kappa shape index (κ3) is 4.26. The lowest BCUT2D eigenvalue weighted by Gasteiger charge is -2.22. The van der Waals surface area contributed by atoms with Crippen LogP contribution in [0.2, 0.25) is 0 Å². The molecule has 1 aliphatic rings. The van der Waals surface area contributed by atoms with Gasteiger partial charge in [0.15, 0.2) is 0 Å². The summed E-state index contributed by atoms with van der Waals surface area (Å²) in [5.74, 6) is 0.483. The van der Waals surface area contributed by atoms with Crippen LogP contribution >= 0.6 is 0 Å². The lowest BCUT2D eigenvalue weighted by Crippen LogP contribution is -2.26. The molecule has 1 aliphatic carbocycles. The fourth-order valence-electron chi connectivity index (χ4n) is 2.75. The van der Waals surface area contributed by atoms with E-state index in [-0.39, 0.29) is 5.91 Å². The molecule has 6 heteroatoms. The number of anilines is 3. The Morgan fingerprint density at radius 2 is 1.96 bits per heavy atom. The Balaban J connectivity index is 1.74. The molecule has 132 valence electrons. The molecule has 1 fully saturated rings. The van der Waals surface area contributed by atoms with Crippen molar-refractivity contribution in [2.24, 2.45) is 0 Å². The minimum Gasteiger partial charge on any atom is -0.372 e. The van der Waals surface area contributed by atoms with Gasteiger partial charge in [0.25, 0.3) is 5.91 Å². The second-order valence-corrected chi connectivity index (χ2v) is 6.33. The van der Waals surface area contributed by atoms with Crippen molar-refractivity contribution in [3.63, 3.8) is 0 Å². The molecule has 0 bridgehead atoms. The first-order chi connectivity index (χ1) is 12.1. The number of aryl methyl sites for hydroxylation is 1. The van der Waals surface area contributed by atoms with Crippen molar-refractivity contribution in [1.29, 1.82) is 0 Å². The number of carbonyl (C=O) groups excluding carboxylic acids is 1. The van der Waals surface area contributed by atoms with E-state index in [1.54, 1.807) is 6.07 Å². The molecule has 6 nitrogen and oxygen atoms in total. The summed E-state index contributed by atoms with van der Waals surface area (Å²) >= 11 is 0.